The molecule has 3 N–H and O–H groups in total. The lowest BCUT2D eigenvalue weighted by atomic mass is 10.1. The Morgan fingerprint density at radius 2 is 2.00 bits per heavy atom. The fourth-order valence-electron chi connectivity index (χ4n) is 1.33. The lowest BCUT2D eigenvalue weighted by Gasteiger charge is -2.13. The Balaban J connectivity index is 3.01. The molecular formula is C11H13F3N2O2. The van der Waals surface area contributed by atoms with Gasteiger partial charge >= 0.3 is 6.18 Å². The van der Waals surface area contributed by atoms with Gasteiger partial charge in [-0.15, -0.1) is 0 Å². The van der Waals surface area contributed by atoms with Gasteiger partial charge in [0.05, 0.1) is 12.2 Å². The number of amidine groups is 1. The maximum Gasteiger partial charge on any atom is 0.417 e. The van der Waals surface area contributed by atoms with Crippen LogP contribution in [0.3, 0.4) is 0 Å². The minimum atomic E-state index is -4.55. The molecule has 0 spiro atoms. The monoisotopic (exact) mass is 262 g/mol. The van der Waals surface area contributed by atoms with Crippen LogP contribution in [0.4, 0.5) is 13.2 Å². The van der Waals surface area contributed by atoms with Crippen molar-refractivity contribution >= 4 is 5.84 Å². The number of ether oxygens (including phenoxy) is 2. The Bertz CT molecular complexity index is 433. The van der Waals surface area contributed by atoms with Crippen LogP contribution >= 0.6 is 0 Å². The highest BCUT2D eigenvalue weighted by molar-refractivity contribution is 5.97. The van der Waals surface area contributed by atoms with Gasteiger partial charge in [-0.3, -0.25) is 5.41 Å². The van der Waals surface area contributed by atoms with Crippen LogP contribution in [0.1, 0.15) is 11.1 Å². The summed E-state index contributed by atoms with van der Waals surface area (Å²) in [5.41, 5.74) is 3.80. The fourth-order valence-corrected chi connectivity index (χ4v) is 1.33. The van der Waals surface area contributed by atoms with Gasteiger partial charge < -0.3 is 15.2 Å². The van der Waals surface area contributed by atoms with E-state index in [4.69, 9.17) is 20.6 Å². The molecule has 0 fully saturated rings. The minimum Gasteiger partial charge on any atom is -0.491 e. The van der Waals surface area contributed by atoms with E-state index in [-0.39, 0.29) is 12.4 Å². The standard InChI is InChI=1S/C11H13F3N2O2/c1-17-4-5-18-7-2-3-9(11(12,13)14)8(6-7)10(15)16/h2-3,6H,4-5H2,1H3,(H3,15,16). The molecule has 0 bridgehead atoms. The largest absolute Gasteiger partial charge is 0.491 e. The average molecular weight is 262 g/mol. The molecule has 0 aliphatic heterocycles. The second-order valence-electron chi connectivity index (χ2n) is 3.46. The number of alkyl halides is 3. The van der Waals surface area contributed by atoms with Crippen LogP contribution in [0.2, 0.25) is 0 Å². The predicted octanol–water partition coefficient (Wildman–Crippen LogP) is 2.01. The van der Waals surface area contributed by atoms with Crippen LogP contribution in [-0.2, 0) is 10.9 Å². The first-order valence-corrected chi connectivity index (χ1v) is 5.03. The van der Waals surface area contributed by atoms with Crippen LogP contribution in [0.15, 0.2) is 18.2 Å². The number of hydrogen-bond acceptors (Lipinski definition) is 3. The Morgan fingerprint density at radius 3 is 2.50 bits per heavy atom. The summed E-state index contributed by atoms with van der Waals surface area (Å²) in [6.45, 7) is 0.523. The molecule has 0 radical (unpaired) electrons. The second-order valence-corrected chi connectivity index (χ2v) is 3.46. The Hall–Kier alpha value is -1.76. The molecule has 0 aromatic heterocycles. The van der Waals surface area contributed by atoms with E-state index in [1.807, 2.05) is 0 Å². The van der Waals surface area contributed by atoms with Crippen LogP contribution in [0.25, 0.3) is 0 Å². The molecule has 1 aromatic carbocycles. The molecule has 7 heteroatoms. The topological polar surface area (TPSA) is 68.3 Å². The van der Waals surface area contributed by atoms with Gasteiger partial charge in [0.2, 0.25) is 0 Å². The first-order valence-electron chi connectivity index (χ1n) is 5.03. The number of hydrogen-bond donors (Lipinski definition) is 2. The van der Waals surface area contributed by atoms with Gasteiger partial charge in [0.15, 0.2) is 0 Å². The number of nitrogens with one attached hydrogen (secondary N) is 1. The smallest absolute Gasteiger partial charge is 0.417 e. The third-order valence-corrected chi connectivity index (χ3v) is 2.14. The molecule has 0 aliphatic carbocycles. The van der Waals surface area contributed by atoms with Gasteiger partial charge in [-0.25, -0.2) is 0 Å². The summed E-state index contributed by atoms with van der Waals surface area (Å²) < 4.78 is 47.8. The molecular weight excluding hydrogens is 249 g/mol. The lowest BCUT2D eigenvalue weighted by molar-refractivity contribution is -0.137. The fraction of sp³-hybridized carbons (Fsp3) is 0.364. The minimum absolute atomic E-state index is 0.208. The van der Waals surface area contributed by atoms with Crippen molar-refractivity contribution in [2.45, 2.75) is 6.18 Å². The van der Waals surface area contributed by atoms with E-state index >= 15 is 0 Å². The zero-order valence-corrected chi connectivity index (χ0v) is 9.67. The molecule has 100 valence electrons. The SMILES string of the molecule is COCCOc1ccc(C(F)(F)F)c(C(=N)N)c1. The van der Waals surface area contributed by atoms with E-state index < -0.39 is 23.1 Å². The zero-order chi connectivity index (χ0) is 13.8. The van der Waals surface area contributed by atoms with Crippen LogP contribution in [0, 0.1) is 5.41 Å². The number of halogens is 3. The highest BCUT2D eigenvalue weighted by atomic mass is 19.4. The number of nitrogen functional groups attached to an aromatic ring is 1. The summed E-state index contributed by atoms with van der Waals surface area (Å²) in [6.07, 6.45) is -4.55. The van der Waals surface area contributed by atoms with Gasteiger partial charge in [-0.2, -0.15) is 13.2 Å². The highest BCUT2D eigenvalue weighted by Crippen LogP contribution is 2.33. The van der Waals surface area contributed by atoms with Crippen molar-refractivity contribution in [2.24, 2.45) is 5.73 Å². The second kappa shape index (κ2) is 5.72. The molecule has 0 heterocycles. The van der Waals surface area contributed by atoms with Gasteiger partial charge in [-0.05, 0) is 18.2 Å². The molecule has 0 atom stereocenters. The van der Waals surface area contributed by atoms with E-state index in [1.165, 1.54) is 13.2 Å². The molecule has 0 unspecified atom stereocenters. The molecule has 0 saturated heterocycles. The molecule has 1 rings (SSSR count). The van der Waals surface area contributed by atoms with E-state index in [9.17, 15) is 13.2 Å². The molecule has 4 nitrogen and oxygen atoms in total. The van der Waals surface area contributed by atoms with Crippen molar-refractivity contribution < 1.29 is 22.6 Å². The Labute approximate surface area is 102 Å². The van der Waals surface area contributed by atoms with Gasteiger partial charge in [0.25, 0.3) is 0 Å². The van der Waals surface area contributed by atoms with E-state index in [0.29, 0.717) is 6.61 Å². The van der Waals surface area contributed by atoms with E-state index in [2.05, 4.69) is 0 Å². The first kappa shape index (κ1) is 14.3. The molecule has 0 aliphatic rings. The molecule has 18 heavy (non-hydrogen) atoms. The molecule has 1 aromatic rings. The number of nitrogens with two attached hydrogens (primary N) is 1. The summed E-state index contributed by atoms with van der Waals surface area (Å²) >= 11 is 0. The molecule has 0 saturated carbocycles. The van der Waals surface area contributed by atoms with Crippen molar-refractivity contribution in [2.75, 3.05) is 20.3 Å². The number of rotatable bonds is 5. The third-order valence-electron chi connectivity index (χ3n) is 2.14. The first-order chi connectivity index (χ1) is 8.36. The van der Waals surface area contributed by atoms with Crippen molar-refractivity contribution in [1.82, 2.24) is 0 Å². The van der Waals surface area contributed by atoms with E-state index in [1.54, 1.807) is 0 Å². The maximum atomic E-state index is 12.6. The van der Waals surface area contributed by atoms with Gasteiger partial charge in [0.1, 0.15) is 18.2 Å². The van der Waals surface area contributed by atoms with Crippen LogP contribution < -0.4 is 10.5 Å². The quantitative estimate of drug-likeness (QED) is 0.484. The van der Waals surface area contributed by atoms with Crippen LogP contribution in [-0.4, -0.2) is 26.2 Å². The Morgan fingerprint density at radius 1 is 1.33 bits per heavy atom. The molecule has 0 amide bonds. The summed E-state index contributed by atoms with van der Waals surface area (Å²) in [5.74, 6) is -0.440. The van der Waals surface area contributed by atoms with E-state index in [0.717, 1.165) is 12.1 Å². The van der Waals surface area contributed by atoms with Crippen molar-refractivity contribution in [3.8, 4) is 5.75 Å². The Kier molecular flexibility index (Phi) is 4.55. The number of methoxy groups -OCH3 is 1. The third kappa shape index (κ3) is 3.63. The summed E-state index contributed by atoms with van der Waals surface area (Å²) in [6, 6.07) is 3.13. The summed E-state index contributed by atoms with van der Waals surface area (Å²) in [4.78, 5) is 0. The lowest BCUT2D eigenvalue weighted by Crippen LogP contribution is -2.19. The van der Waals surface area contributed by atoms with Crippen molar-refractivity contribution in [1.29, 1.82) is 5.41 Å². The van der Waals surface area contributed by atoms with Crippen molar-refractivity contribution in [3.05, 3.63) is 29.3 Å². The normalized spacial score (nSPS) is 11.3. The summed E-state index contributed by atoms with van der Waals surface area (Å²) in [7, 11) is 1.48. The van der Waals surface area contributed by atoms with Gasteiger partial charge in [-0.1, -0.05) is 0 Å². The van der Waals surface area contributed by atoms with Crippen molar-refractivity contribution in [3.63, 3.8) is 0 Å². The highest BCUT2D eigenvalue weighted by Gasteiger charge is 2.34. The predicted molar refractivity (Wildman–Crippen MR) is 59.8 cm³/mol. The van der Waals surface area contributed by atoms with Gasteiger partial charge in [0, 0.05) is 12.7 Å². The average Bonchev–Trinajstić information content (AvgIpc) is 2.27. The zero-order valence-electron chi connectivity index (χ0n) is 9.67. The number of benzene rings is 1. The maximum absolute atomic E-state index is 12.6. The summed E-state index contributed by atoms with van der Waals surface area (Å²) in [5, 5.41) is 7.16. The van der Waals surface area contributed by atoms with Crippen LogP contribution in [0.5, 0.6) is 5.75 Å².